The van der Waals surface area contributed by atoms with Gasteiger partial charge in [0.05, 0.1) is 19.2 Å². The molecule has 9 heteroatoms. The molecule has 1 aliphatic rings. The molecule has 0 unspecified atom stereocenters. The van der Waals surface area contributed by atoms with Crippen molar-refractivity contribution in [2.75, 3.05) is 7.11 Å². The second-order valence-corrected chi connectivity index (χ2v) is 6.61. The van der Waals surface area contributed by atoms with Crippen molar-refractivity contribution in [3.8, 4) is 29.5 Å². The predicted octanol–water partition coefficient (Wildman–Crippen LogP) is 1.25. The highest BCUT2D eigenvalue weighted by Gasteiger charge is 2.46. The molecule has 0 saturated carbocycles. The highest BCUT2D eigenvalue weighted by Crippen LogP contribution is 2.31. The molecule has 1 aliphatic heterocycles. The van der Waals surface area contributed by atoms with Gasteiger partial charge in [-0.25, -0.2) is 9.78 Å². The Morgan fingerprint density at radius 3 is 2.87 bits per heavy atom. The summed E-state index contributed by atoms with van der Waals surface area (Å²) in [6, 6.07) is 9.63. The summed E-state index contributed by atoms with van der Waals surface area (Å²) in [5.41, 5.74) is -1.22. The number of benzene rings is 1. The molecule has 3 amide bonds. The number of carbonyl (C=O) groups is 2. The third-order valence-electron chi connectivity index (χ3n) is 4.74. The van der Waals surface area contributed by atoms with Crippen molar-refractivity contribution in [2.24, 2.45) is 0 Å². The van der Waals surface area contributed by atoms with Crippen molar-refractivity contribution < 1.29 is 19.4 Å². The van der Waals surface area contributed by atoms with Crippen LogP contribution >= 0.6 is 0 Å². The number of fused-ring (bicyclic) bond motifs is 1. The number of amides is 3. The molecule has 1 atom stereocenters. The molecular formula is C21H15N5O4. The van der Waals surface area contributed by atoms with Gasteiger partial charge in [0.2, 0.25) is 5.54 Å². The van der Waals surface area contributed by atoms with E-state index in [4.69, 9.17) is 4.74 Å². The fourth-order valence-electron chi connectivity index (χ4n) is 3.23. The first-order chi connectivity index (χ1) is 14.5. The maximum absolute atomic E-state index is 12.6. The van der Waals surface area contributed by atoms with Gasteiger partial charge in [-0.2, -0.15) is 5.26 Å². The molecule has 2 aromatic heterocycles. The number of aromatic nitrogens is 2. The predicted molar refractivity (Wildman–Crippen MR) is 105 cm³/mol. The molecule has 9 nitrogen and oxygen atoms in total. The van der Waals surface area contributed by atoms with Gasteiger partial charge in [0, 0.05) is 23.2 Å². The number of imide groups is 1. The number of nitrogens with one attached hydrogen (secondary N) is 2. The standard InChI is InChI=1S/C21H15N5O4/c1-30-15-5-4-14-11-26(18(27)16(14)9-15)12-21(19(28)24-20(29)25-21)7-6-13-3-2-8-23-17(13)10-22/h2-5,8-9,11,27H,12H2,1H3,(H2,24,25,28,29)/t21-/m1/s1. The first kappa shape index (κ1) is 18.8. The third kappa shape index (κ3) is 3.15. The average Bonchev–Trinajstić information content (AvgIpc) is 3.21. The number of aromatic hydroxyl groups is 1. The first-order valence-corrected chi connectivity index (χ1v) is 8.83. The number of nitriles is 1. The summed E-state index contributed by atoms with van der Waals surface area (Å²) < 4.78 is 6.61. The van der Waals surface area contributed by atoms with Crippen molar-refractivity contribution in [3.05, 3.63) is 54.0 Å². The van der Waals surface area contributed by atoms with E-state index in [2.05, 4.69) is 27.5 Å². The fourth-order valence-corrected chi connectivity index (χ4v) is 3.23. The molecule has 4 rings (SSSR count). The molecule has 0 aliphatic carbocycles. The number of urea groups is 1. The molecule has 0 radical (unpaired) electrons. The van der Waals surface area contributed by atoms with Crippen LogP contribution < -0.4 is 15.4 Å². The number of carbonyl (C=O) groups excluding carboxylic acids is 2. The highest BCUT2D eigenvalue weighted by molar-refractivity contribution is 6.09. The third-order valence-corrected chi connectivity index (χ3v) is 4.74. The van der Waals surface area contributed by atoms with E-state index in [1.165, 1.54) is 17.9 Å². The largest absolute Gasteiger partial charge is 0.497 e. The normalized spacial score (nSPS) is 17.6. The van der Waals surface area contributed by atoms with Crippen molar-refractivity contribution in [1.29, 1.82) is 5.26 Å². The van der Waals surface area contributed by atoms with Gasteiger partial charge in [-0.1, -0.05) is 11.8 Å². The number of rotatable bonds is 3. The molecule has 1 saturated heterocycles. The lowest BCUT2D eigenvalue weighted by atomic mass is 9.99. The molecule has 30 heavy (non-hydrogen) atoms. The summed E-state index contributed by atoms with van der Waals surface area (Å²) in [5.74, 6) is 5.34. The Kier molecular flexibility index (Phi) is 4.49. The zero-order valence-electron chi connectivity index (χ0n) is 15.8. The van der Waals surface area contributed by atoms with Crippen LogP contribution in [0.1, 0.15) is 11.3 Å². The minimum absolute atomic E-state index is 0.0990. The van der Waals surface area contributed by atoms with Gasteiger partial charge < -0.3 is 19.7 Å². The van der Waals surface area contributed by atoms with E-state index in [-0.39, 0.29) is 18.1 Å². The Morgan fingerprint density at radius 2 is 2.17 bits per heavy atom. The van der Waals surface area contributed by atoms with Crippen molar-refractivity contribution >= 4 is 22.7 Å². The molecule has 148 valence electrons. The maximum atomic E-state index is 12.6. The van der Waals surface area contributed by atoms with Gasteiger partial charge in [-0.15, -0.1) is 0 Å². The average molecular weight is 401 g/mol. The van der Waals surface area contributed by atoms with Gasteiger partial charge in [-0.05, 0) is 30.3 Å². The molecule has 1 aromatic carbocycles. The molecule has 1 fully saturated rings. The lowest BCUT2D eigenvalue weighted by Crippen LogP contribution is -2.49. The van der Waals surface area contributed by atoms with Gasteiger partial charge >= 0.3 is 6.03 Å². The Morgan fingerprint density at radius 1 is 1.33 bits per heavy atom. The summed E-state index contributed by atoms with van der Waals surface area (Å²) in [7, 11) is 1.52. The second-order valence-electron chi connectivity index (χ2n) is 6.61. The van der Waals surface area contributed by atoms with Crippen LogP contribution in [0.25, 0.3) is 10.8 Å². The Hall–Kier alpha value is -4.50. The summed E-state index contributed by atoms with van der Waals surface area (Å²) in [6.07, 6.45) is 3.11. The molecule has 0 spiro atoms. The van der Waals surface area contributed by atoms with Crippen molar-refractivity contribution in [1.82, 2.24) is 20.2 Å². The van der Waals surface area contributed by atoms with Gasteiger partial charge in [0.1, 0.15) is 11.8 Å². The zero-order valence-corrected chi connectivity index (χ0v) is 15.8. The van der Waals surface area contributed by atoms with E-state index in [9.17, 15) is 20.0 Å². The minimum atomic E-state index is -1.64. The zero-order chi connectivity index (χ0) is 21.3. The monoisotopic (exact) mass is 401 g/mol. The first-order valence-electron chi connectivity index (χ1n) is 8.83. The van der Waals surface area contributed by atoms with Gasteiger partial charge in [0.25, 0.3) is 5.91 Å². The summed E-state index contributed by atoms with van der Waals surface area (Å²) in [5, 5.41) is 25.8. The highest BCUT2D eigenvalue weighted by atomic mass is 16.5. The number of pyridine rings is 1. The molecule has 0 bridgehead atoms. The van der Waals surface area contributed by atoms with Crippen LogP contribution in [0.4, 0.5) is 4.79 Å². The van der Waals surface area contributed by atoms with Crippen LogP contribution in [-0.4, -0.2) is 39.2 Å². The molecule has 3 heterocycles. The number of hydrogen-bond acceptors (Lipinski definition) is 6. The van der Waals surface area contributed by atoms with Crippen LogP contribution in [0.15, 0.2) is 42.7 Å². The topological polar surface area (TPSA) is 129 Å². The lowest BCUT2D eigenvalue weighted by molar-refractivity contribution is -0.122. The van der Waals surface area contributed by atoms with E-state index in [0.717, 1.165) is 5.39 Å². The maximum Gasteiger partial charge on any atom is 0.323 e. The van der Waals surface area contributed by atoms with Crippen LogP contribution in [-0.2, 0) is 11.3 Å². The van der Waals surface area contributed by atoms with Crippen LogP contribution in [0.5, 0.6) is 11.6 Å². The number of hydrogen-bond donors (Lipinski definition) is 3. The minimum Gasteiger partial charge on any atom is -0.497 e. The van der Waals surface area contributed by atoms with E-state index in [1.807, 2.05) is 6.07 Å². The van der Waals surface area contributed by atoms with Crippen LogP contribution in [0.2, 0.25) is 0 Å². The molecule has 3 N–H and O–H groups in total. The van der Waals surface area contributed by atoms with E-state index in [0.29, 0.717) is 16.7 Å². The van der Waals surface area contributed by atoms with E-state index >= 15 is 0 Å². The lowest BCUT2D eigenvalue weighted by Gasteiger charge is -2.20. The SMILES string of the molecule is COc1ccc2cn(C[C@@]3(C#Cc4cccnc4C#N)NC(=O)NC3=O)c(O)c2c1. The quantitative estimate of drug-likeness (QED) is 0.447. The fraction of sp³-hybridized carbons (Fsp3) is 0.143. The van der Waals surface area contributed by atoms with Crippen molar-refractivity contribution in [3.63, 3.8) is 0 Å². The smallest absolute Gasteiger partial charge is 0.323 e. The van der Waals surface area contributed by atoms with Crippen LogP contribution in [0.3, 0.4) is 0 Å². The van der Waals surface area contributed by atoms with Crippen molar-refractivity contribution in [2.45, 2.75) is 12.1 Å². The second kappa shape index (κ2) is 7.15. The van der Waals surface area contributed by atoms with Crippen LogP contribution in [0, 0.1) is 23.2 Å². The Balaban J connectivity index is 1.79. The summed E-state index contributed by atoms with van der Waals surface area (Å²) in [6.45, 7) is -0.150. The number of nitrogens with zero attached hydrogens (tertiary/aromatic N) is 3. The number of methoxy groups -OCH3 is 1. The van der Waals surface area contributed by atoms with E-state index < -0.39 is 17.5 Å². The summed E-state index contributed by atoms with van der Waals surface area (Å²) in [4.78, 5) is 28.4. The molecular weight excluding hydrogens is 386 g/mol. The summed E-state index contributed by atoms with van der Waals surface area (Å²) >= 11 is 0. The van der Waals surface area contributed by atoms with Gasteiger partial charge in [-0.3, -0.25) is 10.1 Å². The Bertz CT molecular complexity index is 1290. The Labute approximate surface area is 170 Å². The molecule has 3 aromatic rings. The number of ether oxygens (including phenoxy) is 1. The van der Waals surface area contributed by atoms with Gasteiger partial charge in [0.15, 0.2) is 11.6 Å². The van der Waals surface area contributed by atoms with E-state index in [1.54, 1.807) is 36.5 Å².